The summed E-state index contributed by atoms with van der Waals surface area (Å²) in [5, 5.41) is 9.43. The topological polar surface area (TPSA) is 25.8 Å². The van der Waals surface area contributed by atoms with Gasteiger partial charge in [0.15, 0.2) is 0 Å². The SMILES string of the molecule is CCC(Br)C(C)c1cnnc2ccccc12. The maximum absolute atomic E-state index is 4.14. The van der Waals surface area contributed by atoms with E-state index in [1.807, 2.05) is 18.3 Å². The number of hydrogen-bond acceptors (Lipinski definition) is 2. The zero-order chi connectivity index (χ0) is 11.5. The van der Waals surface area contributed by atoms with Crippen molar-refractivity contribution in [3.8, 4) is 0 Å². The molecule has 0 amide bonds. The molecular formula is C13H15BrN2. The van der Waals surface area contributed by atoms with Crippen LogP contribution in [0.3, 0.4) is 0 Å². The van der Waals surface area contributed by atoms with E-state index in [1.165, 1.54) is 10.9 Å². The quantitative estimate of drug-likeness (QED) is 0.796. The van der Waals surface area contributed by atoms with Crippen molar-refractivity contribution in [1.82, 2.24) is 10.2 Å². The summed E-state index contributed by atoms with van der Waals surface area (Å²) in [6.07, 6.45) is 2.99. The third-order valence-electron chi connectivity index (χ3n) is 3.00. The third-order valence-corrected chi connectivity index (χ3v) is 4.44. The Morgan fingerprint density at radius 3 is 2.81 bits per heavy atom. The first-order chi connectivity index (χ1) is 7.74. The molecule has 2 rings (SSSR count). The van der Waals surface area contributed by atoms with Gasteiger partial charge in [0.2, 0.25) is 0 Å². The van der Waals surface area contributed by atoms with E-state index in [0.29, 0.717) is 10.7 Å². The summed E-state index contributed by atoms with van der Waals surface area (Å²) >= 11 is 3.72. The zero-order valence-corrected chi connectivity index (χ0v) is 11.1. The standard InChI is InChI=1S/C13H15BrN2/c1-3-12(14)9(2)11-8-15-16-13-7-5-4-6-10(11)13/h4-9,12H,3H2,1-2H3. The maximum atomic E-state index is 4.14. The molecule has 1 heterocycles. The Morgan fingerprint density at radius 1 is 1.31 bits per heavy atom. The van der Waals surface area contributed by atoms with Crippen LogP contribution >= 0.6 is 15.9 Å². The van der Waals surface area contributed by atoms with E-state index in [-0.39, 0.29) is 0 Å². The number of alkyl halides is 1. The molecule has 0 saturated heterocycles. The first-order valence-corrected chi connectivity index (χ1v) is 6.50. The van der Waals surface area contributed by atoms with Crippen molar-refractivity contribution in [2.75, 3.05) is 0 Å². The summed E-state index contributed by atoms with van der Waals surface area (Å²) in [4.78, 5) is 0.486. The molecule has 84 valence electrons. The fourth-order valence-electron chi connectivity index (χ4n) is 1.94. The first kappa shape index (κ1) is 11.5. The largest absolute Gasteiger partial charge is 0.158 e. The van der Waals surface area contributed by atoms with Gasteiger partial charge in [-0.15, -0.1) is 0 Å². The van der Waals surface area contributed by atoms with Gasteiger partial charge in [-0.25, -0.2) is 0 Å². The Balaban J connectivity index is 2.52. The number of hydrogen-bond donors (Lipinski definition) is 0. The smallest absolute Gasteiger partial charge is 0.0932 e. The van der Waals surface area contributed by atoms with Crippen molar-refractivity contribution >= 4 is 26.8 Å². The van der Waals surface area contributed by atoms with Crippen molar-refractivity contribution in [2.24, 2.45) is 0 Å². The summed E-state index contributed by atoms with van der Waals surface area (Å²) < 4.78 is 0. The normalized spacial score (nSPS) is 14.9. The molecule has 3 heteroatoms. The van der Waals surface area contributed by atoms with Crippen LogP contribution in [-0.2, 0) is 0 Å². The second-order valence-corrected chi connectivity index (χ2v) is 5.21. The fraction of sp³-hybridized carbons (Fsp3) is 0.385. The van der Waals surface area contributed by atoms with Crippen LogP contribution in [0.2, 0.25) is 0 Å². The molecule has 0 saturated carbocycles. The average molecular weight is 279 g/mol. The molecule has 0 bridgehead atoms. The summed E-state index contributed by atoms with van der Waals surface area (Å²) in [5.41, 5.74) is 2.25. The van der Waals surface area contributed by atoms with Gasteiger partial charge in [-0.05, 0) is 24.0 Å². The third kappa shape index (κ3) is 2.09. The Morgan fingerprint density at radius 2 is 2.06 bits per heavy atom. The van der Waals surface area contributed by atoms with E-state index in [0.717, 1.165) is 11.9 Å². The van der Waals surface area contributed by atoms with Crippen LogP contribution in [0.5, 0.6) is 0 Å². The van der Waals surface area contributed by atoms with E-state index in [4.69, 9.17) is 0 Å². The summed E-state index contributed by atoms with van der Waals surface area (Å²) in [7, 11) is 0. The lowest BCUT2D eigenvalue weighted by atomic mass is 9.95. The lowest BCUT2D eigenvalue weighted by molar-refractivity contribution is 0.694. The minimum absolute atomic E-state index is 0.449. The molecule has 16 heavy (non-hydrogen) atoms. The van der Waals surface area contributed by atoms with E-state index in [9.17, 15) is 0 Å². The Kier molecular flexibility index (Phi) is 3.54. The molecule has 0 aliphatic rings. The van der Waals surface area contributed by atoms with Gasteiger partial charge in [0, 0.05) is 10.2 Å². The van der Waals surface area contributed by atoms with Crippen LogP contribution in [0, 0.1) is 0 Å². The number of aromatic nitrogens is 2. The Labute approximate surface area is 104 Å². The Bertz CT molecular complexity index is 479. The predicted molar refractivity (Wildman–Crippen MR) is 71.0 cm³/mol. The second kappa shape index (κ2) is 4.91. The lowest BCUT2D eigenvalue weighted by Crippen LogP contribution is -2.09. The predicted octanol–water partition coefficient (Wildman–Crippen LogP) is 3.91. The van der Waals surface area contributed by atoms with Crippen LogP contribution < -0.4 is 0 Å². The Hall–Kier alpha value is -0.960. The molecule has 2 unspecified atom stereocenters. The molecule has 1 aromatic heterocycles. The van der Waals surface area contributed by atoms with E-state index < -0.39 is 0 Å². The van der Waals surface area contributed by atoms with E-state index in [1.54, 1.807) is 0 Å². The summed E-state index contributed by atoms with van der Waals surface area (Å²) in [6, 6.07) is 8.17. The zero-order valence-electron chi connectivity index (χ0n) is 9.52. The number of rotatable bonds is 3. The highest BCUT2D eigenvalue weighted by atomic mass is 79.9. The monoisotopic (exact) mass is 278 g/mol. The molecule has 2 aromatic rings. The van der Waals surface area contributed by atoms with Crippen LogP contribution in [0.25, 0.3) is 10.9 Å². The number of halogens is 1. The summed E-state index contributed by atoms with van der Waals surface area (Å²) in [6.45, 7) is 4.42. The van der Waals surface area contributed by atoms with Crippen LogP contribution in [-0.4, -0.2) is 15.0 Å². The van der Waals surface area contributed by atoms with E-state index in [2.05, 4.69) is 52.1 Å². The van der Waals surface area contributed by atoms with Crippen molar-refractivity contribution < 1.29 is 0 Å². The minimum atomic E-state index is 0.449. The van der Waals surface area contributed by atoms with Gasteiger partial charge < -0.3 is 0 Å². The van der Waals surface area contributed by atoms with Crippen molar-refractivity contribution in [3.63, 3.8) is 0 Å². The highest BCUT2D eigenvalue weighted by molar-refractivity contribution is 9.09. The highest BCUT2D eigenvalue weighted by Crippen LogP contribution is 2.30. The van der Waals surface area contributed by atoms with E-state index >= 15 is 0 Å². The molecule has 0 aliphatic heterocycles. The highest BCUT2D eigenvalue weighted by Gasteiger charge is 2.17. The van der Waals surface area contributed by atoms with Gasteiger partial charge in [-0.1, -0.05) is 48.0 Å². The number of benzene rings is 1. The molecule has 0 fully saturated rings. The molecule has 0 radical (unpaired) electrons. The number of nitrogens with zero attached hydrogens (tertiary/aromatic N) is 2. The maximum Gasteiger partial charge on any atom is 0.0932 e. The average Bonchev–Trinajstić information content (AvgIpc) is 2.36. The molecule has 1 aromatic carbocycles. The van der Waals surface area contributed by atoms with Gasteiger partial charge >= 0.3 is 0 Å². The van der Waals surface area contributed by atoms with Crippen LogP contribution in [0.4, 0.5) is 0 Å². The molecule has 2 nitrogen and oxygen atoms in total. The first-order valence-electron chi connectivity index (χ1n) is 5.58. The summed E-state index contributed by atoms with van der Waals surface area (Å²) in [5.74, 6) is 0.449. The number of fused-ring (bicyclic) bond motifs is 1. The van der Waals surface area contributed by atoms with Gasteiger partial charge in [0.05, 0.1) is 11.7 Å². The molecule has 0 aliphatic carbocycles. The molecule has 0 spiro atoms. The molecular weight excluding hydrogens is 264 g/mol. The van der Waals surface area contributed by atoms with Crippen molar-refractivity contribution in [1.29, 1.82) is 0 Å². The molecule has 2 atom stereocenters. The fourth-order valence-corrected chi connectivity index (χ4v) is 2.22. The van der Waals surface area contributed by atoms with Gasteiger partial charge in [0.25, 0.3) is 0 Å². The van der Waals surface area contributed by atoms with Crippen LogP contribution in [0.15, 0.2) is 30.5 Å². The van der Waals surface area contributed by atoms with Crippen molar-refractivity contribution in [3.05, 3.63) is 36.0 Å². The van der Waals surface area contributed by atoms with Gasteiger partial charge in [-0.3, -0.25) is 0 Å². The lowest BCUT2D eigenvalue weighted by Gasteiger charge is -2.18. The second-order valence-electron chi connectivity index (χ2n) is 4.03. The van der Waals surface area contributed by atoms with Gasteiger partial charge in [0.1, 0.15) is 0 Å². The minimum Gasteiger partial charge on any atom is -0.158 e. The van der Waals surface area contributed by atoms with Crippen LogP contribution in [0.1, 0.15) is 31.7 Å². The molecule has 0 N–H and O–H groups in total. The van der Waals surface area contributed by atoms with Crippen molar-refractivity contribution in [2.45, 2.75) is 31.0 Å². The van der Waals surface area contributed by atoms with Gasteiger partial charge in [-0.2, -0.15) is 10.2 Å².